The molecule has 2 bridgehead atoms. The van der Waals surface area contributed by atoms with E-state index in [4.69, 9.17) is 9.47 Å². The van der Waals surface area contributed by atoms with E-state index in [0.29, 0.717) is 12.0 Å². The van der Waals surface area contributed by atoms with Gasteiger partial charge in [-0.15, -0.1) is 0 Å². The molecule has 1 fully saturated rings. The van der Waals surface area contributed by atoms with Crippen LogP contribution in [0.5, 0.6) is 0 Å². The molecule has 0 amide bonds. The van der Waals surface area contributed by atoms with Gasteiger partial charge in [0.15, 0.2) is 0 Å². The van der Waals surface area contributed by atoms with E-state index in [1.165, 1.54) is 0 Å². The minimum atomic E-state index is -0.484. The lowest BCUT2D eigenvalue weighted by Gasteiger charge is -2.26. The van der Waals surface area contributed by atoms with Crippen molar-refractivity contribution in [3.8, 4) is 11.1 Å². The van der Waals surface area contributed by atoms with Crippen LogP contribution in [0.2, 0.25) is 0 Å². The van der Waals surface area contributed by atoms with E-state index in [2.05, 4.69) is 4.98 Å². The van der Waals surface area contributed by atoms with Crippen molar-refractivity contribution in [1.82, 2.24) is 4.98 Å². The molecule has 0 radical (unpaired) electrons. The maximum absolute atomic E-state index is 14.8. The second kappa shape index (κ2) is 6.80. The van der Waals surface area contributed by atoms with Gasteiger partial charge in [0.05, 0.1) is 18.4 Å². The van der Waals surface area contributed by atoms with Gasteiger partial charge >= 0.3 is 5.97 Å². The Kier molecular flexibility index (Phi) is 4.49. The molecule has 5 heteroatoms. The molecule has 0 unspecified atom stereocenters. The smallest absolute Gasteiger partial charge is 0.356 e. The van der Waals surface area contributed by atoms with Crippen LogP contribution in [0.15, 0.2) is 24.3 Å². The first-order chi connectivity index (χ1) is 12.6. The third-order valence-corrected chi connectivity index (χ3v) is 5.22. The van der Waals surface area contributed by atoms with Crippen LogP contribution in [-0.4, -0.2) is 23.7 Å². The summed E-state index contributed by atoms with van der Waals surface area (Å²) in [5, 5.41) is 0. The van der Waals surface area contributed by atoms with Gasteiger partial charge in [-0.25, -0.2) is 14.2 Å². The number of esters is 1. The average molecular weight is 355 g/mol. The number of nitrogens with zero attached hydrogens (tertiary/aromatic N) is 1. The number of halogens is 1. The molecular formula is C21H22FNO3. The highest BCUT2D eigenvalue weighted by Crippen LogP contribution is 2.44. The van der Waals surface area contributed by atoms with Gasteiger partial charge in [-0.05, 0) is 55.0 Å². The predicted molar refractivity (Wildman–Crippen MR) is 95.5 cm³/mol. The Morgan fingerprint density at radius 1 is 1.27 bits per heavy atom. The fourth-order valence-electron chi connectivity index (χ4n) is 3.90. The lowest BCUT2D eigenvalue weighted by Crippen LogP contribution is -2.22. The van der Waals surface area contributed by atoms with E-state index in [9.17, 15) is 9.18 Å². The topological polar surface area (TPSA) is 48.4 Å². The molecule has 3 heterocycles. The summed E-state index contributed by atoms with van der Waals surface area (Å²) in [5.74, 6) is -0.756. The third-order valence-electron chi connectivity index (χ3n) is 5.22. The normalized spacial score (nSPS) is 20.7. The molecule has 1 aromatic carbocycles. The van der Waals surface area contributed by atoms with Gasteiger partial charge in [-0.1, -0.05) is 19.1 Å². The number of hydrogen-bond donors (Lipinski definition) is 0. The third kappa shape index (κ3) is 2.90. The molecule has 4 nitrogen and oxygen atoms in total. The van der Waals surface area contributed by atoms with E-state index in [-0.39, 0.29) is 30.3 Å². The van der Waals surface area contributed by atoms with Crippen LogP contribution in [0.1, 0.15) is 60.1 Å². The Morgan fingerprint density at radius 3 is 2.85 bits per heavy atom. The quantitative estimate of drug-likeness (QED) is 0.763. The average Bonchev–Trinajstić information content (AvgIpc) is 3.03. The number of aromatic nitrogens is 1. The number of benzene rings is 1. The van der Waals surface area contributed by atoms with E-state index in [1.807, 2.05) is 13.0 Å². The van der Waals surface area contributed by atoms with Crippen molar-refractivity contribution in [1.29, 1.82) is 0 Å². The van der Waals surface area contributed by atoms with Crippen molar-refractivity contribution < 1.29 is 18.7 Å². The second-order valence-electron chi connectivity index (χ2n) is 6.84. The molecule has 0 aliphatic carbocycles. The summed E-state index contributed by atoms with van der Waals surface area (Å²) < 4.78 is 25.9. The number of aryl methyl sites for hydroxylation is 1. The van der Waals surface area contributed by atoms with Crippen molar-refractivity contribution in [2.45, 2.75) is 51.7 Å². The van der Waals surface area contributed by atoms with E-state index >= 15 is 0 Å². The predicted octanol–water partition coefficient (Wildman–Crippen LogP) is 4.40. The molecule has 1 saturated heterocycles. The standard InChI is InChI=1S/C21H22FNO3/c1-3-12-5-7-14(17(22)9-12)15-11-18(21(24)25-4-2)23-20-16(15)10-13-6-8-19(20)26-13/h5,7,9,11,13,19H,3-4,6,8,10H2,1-2H3/t13-,19+/m1/s1. The minimum absolute atomic E-state index is 0.116. The second-order valence-corrected chi connectivity index (χ2v) is 6.84. The van der Waals surface area contributed by atoms with Crippen LogP contribution in [-0.2, 0) is 22.3 Å². The van der Waals surface area contributed by atoms with Gasteiger partial charge in [0.2, 0.25) is 0 Å². The molecule has 0 saturated carbocycles. The first-order valence-corrected chi connectivity index (χ1v) is 9.25. The van der Waals surface area contributed by atoms with Crippen LogP contribution in [0.4, 0.5) is 4.39 Å². The van der Waals surface area contributed by atoms with Crippen LogP contribution < -0.4 is 0 Å². The number of carbonyl (C=O) groups excluding carboxylic acids is 1. The van der Waals surface area contributed by atoms with Crippen molar-refractivity contribution in [3.05, 3.63) is 52.6 Å². The first kappa shape index (κ1) is 17.2. The highest BCUT2D eigenvalue weighted by Gasteiger charge is 2.37. The molecule has 2 aliphatic rings. The number of fused-ring (bicyclic) bond motifs is 4. The van der Waals surface area contributed by atoms with Gasteiger partial charge in [0, 0.05) is 12.0 Å². The number of pyridine rings is 1. The summed E-state index contributed by atoms with van der Waals surface area (Å²) in [6, 6.07) is 6.98. The lowest BCUT2D eigenvalue weighted by molar-refractivity contribution is 0.0291. The van der Waals surface area contributed by atoms with E-state index in [0.717, 1.165) is 41.6 Å². The summed E-state index contributed by atoms with van der Waals surface area (Å²) in [4.78, 5) is 16.8. The fourth-order valence-corrected chi connectivity index (χ4v) is 3.90. The van der Waals surface area contributed by atoms with Crippen LogP contribution in [0.25, 0.3) is 11.1 Å². The molecule has 1 aromatic heterocycles. The Labute approximate surface area is 152 Å². The summed E-state index contributed by atoms with van der Waals surface area (Å²) in [7, 11) is 0. The highest BCUT2D eigenvalue weighted by molar-refractivity contribution is 5.89. The Hall–Kier alpha value is -2.27. The molecule has 2 atom stereocenters. The highest BCUT2D eigenvalue weighted by atomic mass is 19.1. The Balaban J connectivity index is 1.89. The zero-order valence-corrected chi connectivity index (χ0v) is 15.0. The largest absolute Gasteiger partial charge is 0.461 e. The number of carbonyl (C=O) groups is 1. The molecule has 2 aromatic rings. The summed E-state index contributed by atoms with van der Waals surface area (Å²) >= 11 is 0. The van der Waals surface area contributed by atoms with Crippen molar-refractivity contribution in [3.63, 3.8) is 0 Å². The van der Waals surface area contributed by atoms with E-state index < -0.39 is 5.97 Å². The maximum atomic E-state index is 14.8. The SMILES string of the molecule is CCOC(=O)c1cc(-c2ccc(CC)cc2F)c2c(n1)[C@@H]1CC[C@H](C2)O1. The Morgan fingerprint density at radius 2 is 2.12 bits per heavy atom. The number of ether oxygens (including phenoxy) is 2. The maximum Gasteiger partial charge on any atom is 0.356 e. The minimum Gasteiger partial charge on any atom is -0.461 e. The van der Waals surface area contributed by atoms with Crippen LogP contribution in [0, 0.1) is 5.82 Å². The Bertz CT molecular complexity index is 865. The molecule has 26 heavy (non-hydrogen) atoms. The molecule has 0 N–H and O–H groups in total. The summed E-state index contributed by atoms with van der Waals surface area (Å²) in [6.07, 6.45) is 3.36. The van der Waals surface area contributed by atoms with Gasteiger partial charge in [-0.3, -0.25) is 0 Å². The zero-order chi connectivity index (χ0) is 18.3. The van der Waals surface area contributed by atoms with Gasteiger partial charge in [-0.2, -0.15) is 0 Å². The van der Waals surface area contributed by atoms with Gasteiger partial charge in [0.1, 0.15) is 17.6 Å². The van der Waals surface area contributed by atoms with Crippen molar-refractivity contribution in [2.24, 2.45) is 0 Å². The fraction of sp³-hybridized carbons (Fsp3) is 0.429. The first-order valence-electron chi connectivity index (χ1n) is 9.25. The summed E-state index contributed by atoms with van der Waals surface area (Å²) in [6.45, 7) is 4.02. The van der Waals surface area contributed by atoms with Gasteiger partial charge < -0.3 is 9.47 Å². The van der Waals surface area contributed by atoms with Crippen LogP contribution in [0.3, 0.4) is 0 Å². The molecule has 136 valence electrons. The number of hydrogen-bond acceptors (Lipinski definition) is 4. The summed E-state index contributed by atoms with van der Waals surface area (Å²) in [5.41, 5.74) is 4.17. The molecule has 4 rings (SSSR count). The molecule has 2 aliphatic heterocycles. The number of rotatable bonds is 4. The van der Waals surface area contributed by atoms with Gasteiger partial charge in [0.25, 0.3) is 0 Å². The van der Waals surface area contributed by atoms with Crippen molar-refractivity contribution in [2.75, 3.05) is 6.61 Å². The zero-order valence-electron chi connectivity index (χ0n) is 15.0. The lowest BCUT2D eigenvalue weighted by atomic mass is 9.91. The molecular weight excluding hydrogens is 333 g/mol. The monoisotopic (exact) mass is 355 g/mol. The molecule has 0 spiro atoms. The van der Waals surface area contributed by atoms with Crippen molar-refractivity contribution >= 4 is 5.97 Å². The van der Waals surface area contributed by atoms with Crippen LogP contribution >= 0.6 is 0 Å². The van der Waals surface area contributed by atoms with E-state index in [1.54, 1.807) is 25.1 Å².